The van der Waals surface area contributed by atoms with Gasteiger partial charge in [0.2, 0.25) is 11.8 Å². The lowest BCUT2D eigenvalue weighted by atomic mass is 9.88. The molecular formula is C63H118N2O21. The van der Waals surface area contributed by atoms with Crippen LogP contribution in [0.1, 0.15) is 245 Å². The molecule has 3 saturated heterocycles. The summed E-state index contributed by atoms with van der Waals surface area (Å²) in [6.45, 7) is 2.20. The van der Waals surface area contributed by atoms with Gasteiger partial charge in [0.1, 0.15) is 67.1 Å². The first-order valence-corrected chi connectivity index (χ1v) is 33.4. The molecule has 0 aliphatic carbocycles. The van der Waals surface area contributed by atoms with Crippen molar-refractivity contribution in [1.82, 2.24) is 10.6 Å². The molecule has 3 aliphatic heterocycles. The number of aliphatic carboxylic acids is 1. The number of aliphatic hydroxyl groups excluding tert-OH is 11. The molecule has 0 aromatic heterocycles. The van der Waals surface area contributed by atoms with Crippen molar-refractivity contribution in [1.29, 1.82) is 0 Å². The van der Waals surface area contributed by atoms with Gasteiger partial charge in [-0.15, -0.1) is 0 Å². The number of amides is 2. The molecule has 14 N–H and O–H groups in total. The minimum Gasteiger partial charge on any atom is -0.477 e. The summed E-state index contributed by atoms with van der Waals surface area (Å²) in [6.07, 6.45) is 9.71. The van der Waals surface area contributed by atoms with Crippen molar-refractivity contribution in [2.75, 3.05) is 26.4 Å². The maximum atomic E-state index is 13.4. The Labute approximate surface area is 512 Å². The maximum Gasteiger partial charge on any atom is 0.364 e. The van der Waals surface area contributed by atoms with E-state index in [-0.39, 0.29) is 18.9 Å². The molecule has 3 aliphatic rings. The van der Waals surface area contributed by atoms with Gasteiger partial charge in [-0.1, -0.05) is 213 Å². The standard InChI is InChI=1S/C63H118N2O21/c1-4-6-8-10-12-14-16-18-19-20-21-22-23-25-27-29-31-33-35-37-50(73)65-44(45(70)36-34-32-30-28-26-24-17-15-13-11-9-7-5-2)42-81-60-55(77)54(76)57(49(41-68)83-60)84-61-56(78)59(53(75)48(40-67)82-61)86-63(62(79)80)38-46(71)51(64-43(3)69)58(85-63)52(74)47(72)39-66/h44-49,51-61,66-68,70-72,74-78H,4-42H2,1-3H3,(H,64,69)(H,65,73)(H,79,80)/t44-,45+,46?,47+,48+,49+,51?,52+,53-,54+,55+,56+,57+,58?,59-,60+,61-,63?/m0/s1. The van der Waals surface area contributed by atoms with E-state index >= 15 is 0 Å². The van der Waals surface area contributed by atoms with Crippen LogP contribution in [-0.4, -0.2) is 215 Å². The number of carboxylic acid groups (broad SMARTS) is 1. The van der Waals surface area contributed by atoms with Crippen molar-refractivity contribution in [2.45, 2.75) is 355 Å². The monoisotopic (exact) mass is 1240 g/mol. The SMILES string of the molecule is CCCCCCCCCCCCCCCCCCCCCC(=O)N[C@@H](CO[C@@H]1O[C@H](CO)[C@@H](O[C@@H]2O[C@H](CO)[C@H](O)[C@H](OC3(C(=O)O)CC(O)C(NC(C)=O)C([C@H](O)[C@H](O)CO)O3)[C@H]2O)[C@H](O)[C@H]1O)[C@H](O)CCCCCCCCCCCCCCC. The molecule has 506 valence electrons. The van der Waals surface area contributed by atoms with Crippen LogP contribution in [0.2, 0.25) is 0 Å². The summed E-state index contributed by atoms with van der Waals surface area (Å²) < 4.78 is 34.8. The molecule has 18 atom stereocenters. The zero-order valence-electron chi connectivity index (χ0n) is 52.4. The summed E-state index contributed by atoms with van der Waals surface area (Å²) in [7, 11) is 0. The van der Waals surface area contributed by atoms with E-state index in [1.165, 1.54) is 148 Å². The van der Waals surface area contributed by atoms with E-state index in [0.717, 1.165) is 51.9 Å². The number of carbonyl (C=O) groups is 3. The van der Waals surface area contributed by atoms with Crippen molar-refractivity contribution >= 4 is 17.8 Å². The van der Waals surface area contributed by atoms with Crippen molar-refractivity contribution in [2.24, 2.45) is 0 Å². The van der Waals surface area contributed by atoms with Crippen molar-refractivity contribution in [3.8, 4) is 0 Å². The third-order valence-corrected chi connectivity index (χ3v) is 17.3. The Hall–Kier alpha value is -2.27. The minimum atomic E-state index is -3.08. The van der Waals surface area contributed by atoms with Crippen LogP contribution in [0.25, 0.3) is 0 Å². The average Bonchev–Trinajstić information content (AvgIpc) is 2.74. The number of hydrogen-bond acceptors (Lipinski definition) is 20. The fraction of sp³-hybridized carbons (Fsp3) is 0.952. The number of carbonyl (C=O) groups excluding carboxylic acids is 2. The molecule has 0 radical (unpaired) electrons. The van der Waals surface area contributed by atoms with Crippen LogP contribution in [0.15, 0.2) is 0 Å². The Kier molecular flexibility index (Phi) is 40.9. The largest absolute Gasteiger partial charge is 0.477 e. The smallest absolute Gasteiger partial charge is 0.364 e. The molecule has 23 heteroatoms. The first-order valence-electron chi connectivity index (χ1n) is 33.4. The lowest BCUT2D eigenvalue weighted by molar-refractivity contribution is -0.386. The molecule has 0 aromatic carbocycles. The molecule has 0 spiro atoms. The fourth-order valence-corrected chi connectivity index (χ4v) is 11.9. The summed E-state index contributed by atoms with van der Waals surface area (Å²) in [4.78, 5) is 38.5. The number of unbranched alkanes of at least 4 members (excludes halogenated alkanes) is 30. The molecule has 2 amide bonds. The quantitative estimate of drug-likeness (QED) is 0.0358. The molecular weight excluding hydrogens is 1120 g/mol. The highest BCUT2D eigenvalue weighted by atomic mass is 16.8. The number of aliphatic hydroxyl groups is 11. The lowest BCUT2D eigenvalue weighted by Gasteiger charge is -2.50. The Morgan fingerprint density at radius 1 is 0.558 bits per heavy atom. The Bertz CT molecular complexity index is 1760. The van der Waals surface area contributed by atoms with E-state index in [1.807, 2.05) is 0 Å². The zero-order chi connectivity index (χ0) is 63.3. The average molecular weight is 1240 g/mol. The molecule has 0 bridgehead atoms. The predicted octanol–water partition coefficient (Wildman–Crippen LogP) is 4.95. The van der Waals surface area contributed by atoms with Crippen LogP contribution in [-0.2, 0) is 42.8 Å². The first kappa shape index (κ1) is 78.0. The van der Waals surface area contributed by atoms with Gasteiger partial charge >= 0.3 is 5.97 Å². The Balaban J connectivity index is 1.60. The van der Waals surface area contributed by atoms with Gasteiger partial charge in [-0.25, -0.2) is 4.79 Å². The third-order valence-electron chi connectivity index (χ3n) is 17.3. The Morgan fingerprint density at radius 2 is 1.01 bits per heavy atom. The normalized spacial score (nSPS) is 29.3. The van der Waals surface area contributed by atoms with Crippen molar-refractivity contribution < 1.29 is 104 Å². The van der Waals surface area contributed by atoms with Gasteiger partial charge in [-0.2, -0.15) is 0 Å². The fourth-order valence-electron chi connectivity index (χ4n) is 11.9. The van der Waals surface area contributed by atoms with Gasteiger partial charge in [-0.3, -0.25) is 9.59 Å². The minimum absolute atomic E-state index is 0.229. The number of hydrogen-bond donors (Lipinski definition) is 14. The molecule has 86 heavy (non-hydrogen) atoms. The molecule has 0 aromatic rings. The molecule has 4 unspecified atom stereocenters. The predicted molar refractivity (Wildman–Crippen MR) is 320 cm³/mol. The van der Waals surface area contributed by atoms with Crippen LogP contribution in [0.5, 0.6) is 0 Å². The van der Waals surface area contributed by atoms with E-state index in [0.29, 0.717) is 19.3 Å². The zero-order valence-corrected chi connectivity index (χ0v) is 52.4. The van der Waals surface area contributed by atoms with Crippen molar-refractivity contribution in [3.63, 3.8) is 0 Å². The van der Waals surface area contributed by atoms with Crippen LogP contribution in [0.4, 0.5) is 0 Å². The van der Waals surface area contributed by atoms with Gasteiger partial charge in [0, 0.05) is 19.8 Å². The topological polar surface area (TPSA) is 373 Å². The highest BCUT2D eigenvalue weighted by Crippen LogP contribution is 2.39. The van der Waals surface area contributed by atoms with Gasteiger partial charge in [0.15, 0.2) is 12.6 Å². The second-order valence-electron chi connectivity index (χ2n) is 24.7. The second-order valence-corrected chi connectivity index (χ2v) is 24.7. The second kappa shape index (κ2) is 45.1. The third kappa shape index (κ3) is 28.1. The highest BCUT2D eigenvalue weighted by Gasteiger charge is 2.60. The van der Waals surface area contributed by atoms with Gasteiger partial charge in [0.05, 0.1) is 50.7 Å². The van der Waals surface area contributed by atoms with Gasteiger partial charge < -0.3 is 100 Å². The number of ether oxygens (including phenoxy) is 6. The maximum absolute atomic E-state index is 13.4. The van der Waals surface area contributed by atoms with Crippen molar-refractivity contribution in [3.05, 3.63) is 0 Å². The van der Waals surface area contributed by atoms with E-state index in [2.05, 4.69) is 24.5 Å². The molecule has 3 heterocycles. The van der Waals surface area contributed by atoms with E-state index in [9.17, 15) is 75.7 Å². The molecule has 3 rings (SSSR count). The van der Waals surface area contributed by atoms with Crippen LogP contribution in [0, 0.1) is 0 Å². The summed E-state index contributed by atoms with van der Waals surface area (Å²) in [5, 5.41) is 136. The number of carboxylic acids is 1. The molecule has 3 fully saturated rings. The number of rotatable bonds is 50. The van der Waals surface area contributed by atoms with Gasteiger partial charge in [0.25, 0.3) is 5.79 Å². The van der Waals surface area contributed by atoms with E-state index < -0.39 is 148 Å². The van der Waals surface area contributed by atoms with Gasteiger partial charge in [-0.05, 0) is 12.8 Å². The van der Waals surface area contributed by atoms with Crippen LogP contribution in [0.3, 0.4) is 0 Å². The Morgan fingerprint density at radius 3 is 1.45 bits per heavy atom. The van der Waals surface area contributed by atoms with Crippen LogP contribution >= 0.6 is 0 Å². The van der Waals surface area contributed by atoms with E-state index in [4.69, 9.17) is 28.4 Å². The summed E-state index contributed by atoms with van der Waals surface area (Å²) >= 11 is 0. The van der Waals surface area contributed by atoms with E-state index in [1.54, 1.807) is 0 Å². The number of nitrogens with one attached hydrogen (secondary N) is 2. The summed E-state index contributed by atoms with van der Waals surface area (Å²) in [5.41, 5.74) is 0. The lowest BCUT2D eigenvalue weighted by Crippen LogP contribution is -2.70. The first-order chi connectivity index (χ1) is 41.4. The summed E-state index contributed by atoms with van der Waals surface area (Å²) in [5.74, 6) is -6.09. The summed E-state index contributed by atoms with van der Waals surface area (Å²) in [6, 6.07) is -2.52. The highest BCUT2D eigenvalue weighted by molar-refractivity contribution is 5.77. The van der Waals surface area contributed by atoms with Crippen LogP contribution < -0.4 is 10.6 Å². The molecule has 0 saturated carbocycles. The molecule has 23 nitrogen and oxygen atoms in total.